The van der Waals surface area contributed by atoms with Crippen molar-refractivity contribution >= 4 is 5.96 Å². The van der Waals surface area contributed by atoms with Gasteiger partial charge in [0.2, 0.25) is 0 Å². The van der Waals surface area contributed by atoms with Crippen LogP contribution in [-0.4, -0.2) is 65.0 Å². The van der Waals surface area contributed by atoms with Gasteiger partial charge in [-0.25, -0.2) is 4.99 Å². The zero-order valence-electron chi connectivity index (χ0n) is 17.8. The minimum absolute atomic E-state index is 0.484. The van der Waals surface area contributed by atoms with Crippen molar-refractivity contribution in [1.29, 1.82) is 0 Å². The van der Waals surface area contributed by atoms with Gasteiger partial charge >= 0.3 is 0 Å². The summed E-state index contributed by atoms with van der Waals surface area (Å²) >= 11 is 0. The molecule has 2 N–H and O–H groups in total. The van der Waals surface area contributed by atoms with Gasteiger partial charge in [0.25, 0.3) is 0 Å². The fraction of sp³-hybridized carbons (Fsp3) is 0.571. The van der Waals surface area contributed by atoms with Gasteiger partial charge in [0, 0.05) is 39.8 Å². The number of benzene rings is 1. The van der Waals surface area contributed by atoms with E-state index in [2.05, 4.69) is 56.1 Å². The third kappa shape index (κ3) is 6.27. The van der Waals surface area contributed by atoms with Crippen molar-refractivity contribution in [3.63, 3.8) is 0 Å². The summed E-state index contributed by atoms with van der Waals surface area (Å²) < 4.78 is 7.13. The minimum atomic E-state index is 0.484. The second-order valence-corrected chi connectivity index (χ2v) is 7.44. The van der Waals surface area contributed by atoms with Crippen molar-refractivity contribution in [3.05, 3.63) is 47.5 Å². The predicted molar refractivity (Wildman–Crippen MR) is 115 cm³/mol. The number of hydrogen-bond donors (Lipinski definition) is 2. The summed E-state index contributed by atoms with van der Waals surface area (Å²) in [5, 5.41) is 15.2. The van der Waals surface area contributed by atoms with Crippen molar-refractivity contribution in [2.45, 2.75) is 38.9 Å². The number of ether oxygens (including phenoxy) is 1. The number of methoxy groups -OCH3 is 1. The number of aryl methyl sites for hydroxylation is 1. The Hall–Kier alpha value is -2.45. The van der Waals surface area contributed by atoms with E-state index in [1.807, 2.05) is 18.5 Å². The van der Waals surface area contributed by atoms with Crippen molar-refractivity contribution in [2.75, 3.05) is 33.4 Å². The van der Waals surface area contributed by atoms with Gasteiger partial charge in [-0.1, -0.05) is 30.3 Å². The van der Waals surface area contributed by atoms with Crippen LogP contribution in [-0.2, 0) is 24.9 Å². The molecule has 1 atom stereocenters. The van der Waals surface area contributed by atoms with Gasteiger partial charge in [0.1, 0.15) is 12.4 Å². The quantitative estimate of drug-likeness (QED) is 0.378. The van der Waals surface area contributed by atoms with Gasteiger partial charge in [0.15, 0.2) is 11.8 Å². The number of likely N-dealkylation sites (tertiary alicyclic amines) is 1. The molecule has 8 heteroatoms. The summed E-state index contributed by atoms with van der Waals surface area (Å²) in [7, 11) is 3.67. The number of hydrogen-bond acceptors (Lipinski definition) is 5. The highest BCUT2D eigenvalue weighted by atomic mass is 16.5. The summed E-state index contributed by atoms with van der Waals surface area (Å²) in [6.45, 7) is 6.77. The van der Waals surface area contributed by atoms with E-state index in [9.17, 15) is 0 Å². The molecule has 0 spiro atoms. The smallest absolute Gasteiger partial charge is 0.191 e. The Morgan fingerprint density at radius 2 is 2.07 bits per heavy atom. The molecule has 0 amide bonds. The summed E-state index contributed by atoms with van der Waals surface area (Å²) in [5.74, 6) is 2.52. The minimum Gasteiger partial charge on any atom is -0.383 e. The number of aliphatic imine (C=N–C) groups is 1. The molecular weight excluding hydrogens is 366 g/mol. The zero-order chi connectivity index (χ0) is 20.5. The van der Waals surface area contributed by atoms with E-state index in [1.165, 1.54) is 18.4 Å². The molecule has 1 saturated heterocycles. The first-order valence-electron chi connectivity index (χ1n) is 10.3. The van der Waals surface area contributed by atoms with E-state index in [-0.39, 0.29) is 0 Å². The lowest BCUT2D eigenvalue weighted by atomic mass is 10.2. The Kier molecular flexibility index (Phi) is 8.01. The first-order valence-corrected chi connectivity index (χ1v) is 10.3. The Morgan fingerprint density at radius 3 is 2.79 bits per heavy atom. The van der Waals surface area contributed by atoms with Gasteiger partial charge in [-0.3, -0.25) is 4.90 Å². The number of nitrogens with zero attached hydrogens (tertiary/aromatic N) is 5. The Bertz CT molecular complexity index is 775. The fourth-order valence-electron chi connectivity index (χ4n) is 3.55. The number of rotatable bonds is 9. The van der Waals surface area contributed by atoms with Crippen LogP contribution in [0.15, 0.2) is 35.3 Å². The van der Waals surface area contributed by atoms with Crippen LogP contribution in [0.5, 0.6) is 0 Å². The maximum Gasteiger partial charge on any atom is 0.191 e. The molecule has 1 fully saturated rings. The molecule has 1 aromatic carbocycles. The molecule has 1 aliphatic heterocycles. The zero-order valence-corrected chi connectivity index (χ0v) is 17.8. The maximum atomic E-state index is 5.16. The average Bonchev–Trinajstić information content (AvgIpc) is 3.31. The largest absolute Gasteiger partial charge is 0.383 e. The van der Waals surface area contributed by atoms with E-state index in [0.29, 0.717) is 25.7 Å². The normalized spacial score (nSPS) is 17.6. The monoisotopic (exact) mass is 399 g/mol. The van der Waals surface area contributed by atoms with Gasteiger partial charge in [0.05, 0.1) is 6.61 Å². The van der Waals surface area contributed by atoms with E-state index < -0.39 is 0 Å². The van der Waals surface area contributed by atoms with Crippen LogP contribution in [0.2, 0.25) is 0 Å². The topological polar surface area (TPSA) is 79.6 Å². The standard InChI is InChI=1S/C21H33N7O/c1-17-25-26-20(27(17)2)15-24-21(22-11-13-29-3)23-14-19-10-7-12-28(19)16-18-8-5-4-6-9-18/h4-6,8-9,19H,7,10-16H2,1-3H3,(H2,22,23,24). The third-order valence-electron chi connectivity index (χ3n) is 5.39. The van der Waals surface area contributed by atoms with Crippen molar-refractivity contribution < 1.29 is 4.74 Å². The maximum absolute atomic E-state index is 5.16. The molecule has 29 heavy (non-hydrogen) atoms. The van der Waals surface area contributed by atoms with Crippen LogP contribution in [0.4, 0.5) is 0 Å². The van der Waals surface area contributed by atoms with Gasteiger partial charge in [-0.2, -0.15) is 0 Å². The number of aromatic nitrogens is 3. The molecular formula is C21H33N7O. The summed E-state index contributed by atoms with van der Waals surface area (Å²) in [4.78, 5) is 7.26. The van der Waals surface area contributed by atoms with Crippen molar-refractivity contribution in [2.24, 2.45) is 12.0 Å². The first kappa shape index (κ1) is 21.3. The second-order valence-electron chi connectivity index (χ2n) is 7.44. The van der Waals surface area contributed by atoms with Crippen LogP contribution in [0, 0.1) is 6.92 Å². The van der Waals surface area contributed by atoms with E-state index in [4.69, 9.17) is 9.73 Å². The molecule has 8 nitrogen and oxygen atoms in total. The van der Waals surface area contributed by atoms with Crippen LogP contribution in [0.3, 0.4) is 0 Å². The highest BCUT2D eigenvalue weighted by Crippen LogP contribution is 2.19. The van der Waals surface area contributed by atoms with Gasteiger partial charge in [-0.05, 0) is 31.9 Å². The van der Waals surface area contributed by atoms with E-state index in [1.54, 1.807) is 7.11 Å². The lowest BCUT2D eigenvalue weighted by Crippen LogP contribution is -2.45. The average molecular weight is 400 g/mol. The SMILES string of the molecule is COCCNC(=NCc1nnc(C)n1C)NCC1CCCN1Cc1ccccc1. The second kappa shape index (κ2) is 10.9. The molecule has 158 valence electrons. The molecule has 0 radical (unpaired) electrons. The highest BCUT2D eigenvalue weighted by molar-refractivity contribution is 5.79. The van der Waals surface area contributed by atoms with Gasteiger partial charge < -0.3 is 19.9 Å². The van der Waals surface area contributed by atoms with Crippen LogP contribution >= 0.6 is 0 Å². The lowest BCUT2D eigenvalue weighted by molar-refractivity contribution is 0.203. The number of guanidine groups is 1. The first-order chi connectivity index (χ1) is 14.2. The summed E-state index contributed by atoms with van der Waals surface area (Å²) in [5.41, 5.74) is 1.36. The molecule has 3 rings (SSSR count). The predicted octanol–water partition coefficient (Wildman–Crippen LogP) is 1.47. The summed E-state index contributed by atoms with van der Waals surface area (Å²) in [6, 6.07) is 11.2. The Balaban J connectivity index is 1.57. The summed E-state index contributed by atoms with van der Waals surface area (Å²) in [6.07, 6.45) is 2.44. The Morgan fingerprint density at radius 1 is 1.24 bits per heavy atom. The Labute approximate surface area is 173 Å². The molecule has 1 aliphatic rings. The third-order valence-corrected chi connectivity index (χ3v) is 5.39. The molecule has 0 aliphatic carbocycles. The van der Waals surface area contributed by atoms with Crippen molar-refractivity contribution in [1.82, 2.24) is 30.3 Å². The molecule has 1 aromatic heterocycles. The van der Waals surface area contributed by atoms with Crippen LogP contribution in [0.1, 0.15) is 30.1 Å². The van der Waals surface area contributed by atoms with E-state index in [0.717, 1.165) is 37.2 Å². The molecule has 2 heterocycles. The number of nitrogens with one attached hydrogen (secondary N) is 2. The van der Waals surface area contributed by atoms with Crippen LogP contribution in [0.25, 0.3) is 0 Å². The molecule has 2 aromatic rings. The highest BCUT2D eigenvalue weighted by Gasteiger charge is 2.24. The van der Waals surface area contributed by atoms with Crippen LogP contribution < -0.4 is 10.6 Å². The fourth-order valence-corrected chi connectivity index (χ4v) is 3.55. The molecule has 1 unspecified atom stereocenters. The van der Waals surface area contributed by atoms with Crippen molar-refractivity contribution in [3.8, 4) is 0 Å². The van der Waals surface area contributed by atoms with Gasteiger partial charge in [-0.15, -0.1) is 10.2 Å². The van der Waals surface area contributed by atoms with E-state index >= 15 is 0 Å². The lowest BCUT2D eigenvalue weighted by Gasteiger charge is -2.25. The molecule has 0 bridgehead atoms. The molecule has 0 saturated carbocycles.